The normalized spacial score (nSPS) is 16.1. The van der Waals surface area contributed by atoms with Gasteiger partial charge in [0.25, 0.3) is 0 Å². The fraction of sp³-hybridized carbons (Fsp3) is 0.0385. The van der Waals surface area contributed by atoms with Crippen LogP contribution in [-0.4, -0.2) is 0 Å². The van der Waals surface area contributed by atoms with Crippen molar-refractivity contribution in [1.29, 1.82) is 0 Å². The highest BCUT2D eigenvalue weighted by atomic mass is 15.2. The zero-order valence-electron chi connectivity index (χ0n) is 29.7. The lowest BCUT2D eigenvalue weighted by molar-refractivity contribution is 0.736. The Hall–Kier alpha value is -6.90. The van der Waals surface area contributed by atoms with E-state index in [0.717, 1.165) is 11.4 Å². The van der Waals surface area contributed by atoms with Crippen molar-refractivity contribution in [2.75, 3.05) is 4.90 Å². The standard InChI is InChI=1S/C52H36N2/c1-4-16-35(17-5-1)39-33-47(37-19-6-2-7-20-37)53-48(34-39)38-28-30-42-46(32-38)52(45-31-29-36-18-10-11-23-41(36)51(42)45)43-24-12-14-26-49(43)54(40-21-8-3-9-22-40)50-27-15-13-25-44(50)52/h1-34,48,53H. The Morgan fingerprint density at radius 1 is 0.481 bits per heavy atom. The number of fused-ring (bicyclic) bond motifs is 11. The lowest BCUT2D eigenvalue weighted by Gasteiger charge is -2.45. The predicted octanol–water partition coefficient (Wildman–Crippen LogP) is 12.8. The molecule has 0 radical (unpaired) electrons. The molecule has 0 aromatic heterocycles. The minimum atomic E-state index is -0.540. The van der Waals surface area contributed by atoms with Crippen LogP contribution in [-0.2, 0) is 5.41 Å². The molecule has 8 aromatic rings. The van der Waals surface area contributed by atoms with Crippen LogP contribution in [0.4, 0.5) is 17.1 Å². The largest absolute Gasteiger partial charge is 0.374 e. The molecular weight excluding hydrogens is 653 g/mol. The van der Waals surface area contributed by atoms with Gasteiger partial charge in [0.15, 0.2) is 0 Å². The monoisotopic (exact) mass is 688 g/mol. The number of hydrogen-bond acceptors (Lipinski definition) is 2. The molecule has 3 aliphatic rings. The summed E-state index contributed by atoms with van der Waals surface area (Å²) >= 11 is 0. The van der Waals surface area contributed by atoms with E-state index in [9.17, 15) is 0 Å². The molecule has 1 spiro atoms. The van der Waals surface area contributed by atoms with Gasteiger partial charge in [0, 0.05) is 11.4 Å². The lowest BCUT2D eigenvalue weighted by atomic mass is 9.64. The number of nitrogens with one attached hydrogen (secondary N) is 1. The minimum Gasteiger partial charge on any atom is -0.374 e. The van der Waals surface area contributed by atoms with Crippen molar-refractivity contribution in [3.63, 3.8) is 0 Å². The third-order valence-corrected chi connectivity index (χ3v) is 11.7. The smallest absolute Gasteiger partial charge is 0.0754 e. The summed E-state index contributed by atoms with van der Waals surface area (Å²) in [6, 6.07) is 71.2. The van der Waals surface area contributed by atoms with Crippen LogP contribution in [0.3, 0.4) is 0 Å². The van der Waals surface area contributed by atoms with Crippen LogP contribution in [0.2, 0.25) is 0 Å². The van der Waals surface area contributed by atoms with Gasteiger partial charge in [-0.2, -0.15) is 0 Å². The quantitative estimate of drug-likeness (QED) is 0.198. The number of para-hydroxylation sites is 3. The molecule has 0 saturated heterocycles. The van der Waals surface area contributed by atoms with Crippen molar-refractivity contribution in [3.8, 4) is 11.1 Å². The molecule has 2 heteroatoms. The van der Waals surface area contributed by atoms with E-state index in [1.807, 2.05) is 0 Å². The molecule has 54 heavy (non-hydrogen) atoms. The Labute approximate surface area is 316 Å². The highest BCUT2D eigenvalue weighted by Crippen LogP contribution is 2.64. The van der Waals surface area contributed by atoms with Crippen LogP contribution in [0.5, 0.6) is 0 Å². The maximum absolute atomic E-state index is 3.96. The molecule has 0 fully saturated rings. The van der Waals surface area contributed by atoms with Crippen molar-refractivity contribution in [3.05, 3.63) is 245 Å². The van der Waals surface area contributed by atoms with Crippen LogP contribution in [0.1, 0.15) is 45.0 Å². The molecular formula is C52H36N2. The van der Waals surface area contributed by atoms with Crippen molar-refractivity contribution in [2.45, 2.75) is 11.5 Å². The number of nitrogens with zero attached hydrogens (tertiary/aromatic N) is 1. The van der Waals surface area contributed by atoms with Gasteiger partial charge >= 0.3 is 0 Å². The van der Waals surface area contributed by atoms with Gasteiger partial charge in [-0.15, -0.1) is 0 Å². The number of rotatable bonds is 4. The van der Waals surface area contributed by atoms with Crippen molar-refractivity contribution in [2.24, 2.45) is 0 Å². The summed E-state index contributed by atoms with van der Waals surface area (Å²) in [5, 5.41) is 6.51. The Morgan fingerprint density at radius 3 is 1.81 bits per heavy atom. The number of benzene rings is 8. The van der Waals surface area contributed by atoms with Crippen LogP contribution < -0.4 is 10.2 Å². The van der Waals surface area contributed by atoms with E-state index in [2.05, 4.69) is 216 Å². The maximum atomic E-state index is 3.96. The van der Waals surface area contributed by atoms with E-state index in [1.54, 1.807) is 0 Å². The van der Waals surface area contributed by atoms with E-state index in [-0.39, 0.29) is 6.04 Å². The van der Waals surface area contributed by atoms with Crippen LogP contribution >= 0.6 is 0 Å². The maximum Gasteiger partial charge on any atom is 0.0754 e. The van der Waals surface area contributed by atoms with Crippen molar-refractivity contribution < 1.29 is 0 Å². The Morgan fingerprint density at radius 2 is 1.09 bits per heavy atom. The predicted molar refractivity (Wildman–Crippen MR) is 224 cm³/mol. The average Bonchev–Trinajstić information content (AvgIpc) is 3.55. The van der Waals surface area contributed by atoms with Gasteiger partial charge in [-0.1, -0.05) is 170 Å². The Kier molecular flexibility index (Phi) is 6.87. The molecule has 2 aliphatic heterocycles. The lowest BCUT2D eigenvalue weighted by Crippen LogP contribution is -2.36. The summed E-state index contributed by atoms with van der Waals surface area (Å²) in [6.07, 6.45) is 4.69. The van der Waals surface area contributed by atoms with Gasteiger partial charge in [-0.3, -0.25) is 0 Å². The fourth-order valence-electron chi connectivity index (χ4n) is 9.39. The van der Waals surface area contributed by atoms with Crippen LogP contribution in [0.15, 0.2) is 206 Å². The molecule has 11 rings (SSSR count). The first-order chi connectivity index (χ1) is 26.8. The Balaban J connectivity index is 1.19. The van der Waals surface area contributed by atoms with E-state index in [0.29, 0.717) is 0 Å². The summed E-state index contributed by atoms with van der Waals surface area (Å²) in [5.41, 5.74) is 16.9. The second-order valence-electron chi connectivity index (χ2n) is 14.5. The molecule has 1 atom stereocenters. The molecule has 254 valence electrons. The van der Waals surface area contributed by atoms with Gasteiger partial charge in [-0.25, -0.2) is 0 Å². The summed E-state index contributed by atoms with van der Waals surface area (Å²) in [6.45, 7) is 0. The molecule has 0 saturated carbocycles. The SMILES string of the molecule is C1=C(c2ccccc2)C=C(c2ccccc2)NC1c1ccc2c(c1)C1(c3ccccc3N(c3ccccc3)c3ccccc31)c1ccc3ccccc3c1-2. The molecule has 8 aromatic carbocycles. The summed E-state index contributed by atoms with van der Waals surface area (Å²) in [7, 11) is 0. The number of anilines is 3. The zero-order chi connectivity index (χ0) is 35.6. The fourth-order valence-corrected chi connectivity index (χ4v) is 9.39. The van der Waals surface area contributed by atoms with Gasteiger partial charge < -0.3 is 10.2 Å². The van der Waals surface area contributed by atoms with Gasteiger partial charge in [0.05, 0.1) is 22.8 Å². The molecule has 2 heterocycles. The average molecular weight is 689 g/mol. The molecule has 1 aliphatic carbocycles. The summed E-state index contributed by atoms with van der Waals surface area (Å²) < 4.78 is 0. The third-order valence-electron chi connectivity index (χ3n) is 11.7. The molecule has 0 bridgehead atoms. The second kappa shape index (κ2) is 12.1. The van der Waals surface area contributed by atoms with Crippen molar-refractivity contribution in [1.82, 2.24) is 5.32 Å². The van der Waals surface area contributed by atoms with Gasteiger partial charge in [0.1, 0.15) is 0 Å². The first kappa shape index (κ1) is 30.7. The third kappa shape index (κ3) is 4.47. The minimum absolute atomic E-state index is 0.0434. The van der Waals surface area contributed by atoms with E-state index in [1.165, 1.54) is 77.8 Å². The number of allylic oxidation sites excluding steroid dienone is 2. The molecule has 2 nitrogen and oxygen atoms in total. The first-order valence-corrected chi connectivity index (χ1v) is 18.8. The molecule has 1 N–H and O–H groups in total. The van der Waals surface area contributed by atoms with Crippen molar-refractivity contribution >= 4 is 39.1 Å². The molecule has 1 unspecified atom stereocenters. The van der Waals surface area contributed by atoms with Gasteiger partial charge in [0.2, 0.25) is 0 Å². The second-order valence-corrected chi connectivity index (χ2v) is 14.5. The first-order valence-electron chi connectivity index (χ1n) is 18.8. The highest BCUT2D eigenvalue weighted by molar-refractivity contribution is 6.06. The Bertz CT molecular complexity index is 2750. The van der Waals surface area contributed by atoms with Crippen LogP contribution in [0, 0.1) is 0 Å². The summed E-state index contributed by atoms with van der Waals surface area (Å²) in [4.78, 5) is 2.45. The van der Waals surface area contributed by atoms with E-state index >= 15 is 0 Å². The number of hydrogen-bond donors (Lipinski definition) is 1. The number of dihydropyridines is 1. The van der Waals surface area contributed by atoms with Crippen LogP contribution in [0.25, 0.3) is 33.2 Å². The summed E-state index contributed by atoms with van der Waals surface area (Å²) in [5.74, 6) is 0. The topological polar surface area (TPSA) is 15.3 Å². The zero-order valence-corrected chi connectivity index (χ0v) is 29.7. The molecule has 0 amide bonds. The highest BCUT2D eigenvalue weighted by Gasteiger charge is 2.52. The van der Waals surface area contributed by atoms with E-state index in [4.69, 9.17) is 0 Å². The van der Waals surface area contributed by atoms with Gasteiger partial charge in [-0.05, 0) is 103 Å². The van der Waals surface area contributed by atoms with E-state index < -0.39 is 5.41 Å².